The Balaban J connectivity index is 2.09. The predicted molar refractivity (Wildman–Crippen MR) is 80.5 cm³/mol. The van der Waals surface area contributed by atoms with E-state index in [1.54, 1.807) is 0 Å². The summed E-state index contributed by atoms with van der Waals surface area (Å²) in [6, 6.07) is 6.40. The summed E-state index contributed by atoms with van der Waals surface area (Å²) in [7, 11) is 0. The van der Waals surface area contributed by atoms with Gasteiger partial charge in [0.15, 0.2) is 0 Å². The summed E-state index contributed by atoms with van der Waals surface area (Å²) in [6.45, 7) is 4.44. The molecule has 1 aromatic carbocycles. The second-order valence-corrected chi connectivity index (χ2v) is 5.94. The fourth-order valence-corrected chi connectivity index (χ4v) is 3.31. The Labute approximate surface area is 119 Å². The highest BCUT2D eigenvalue weighted by molar-refractivity contribution is 9.08. The minimum Gasteiger partial charge on any atom is -0.490 e. The zero-order chi connectivity index (χ0) is 13.0. The lowest BCUT2D eigenvalue weighted by atomic mass is 9.85. The topological polar surface area (TPSA) is 9.23 Å². The van der Waals surface area contributed by atoms with Gasteiger partial charge in [-0.05, 0) is 37.7 Å². The molecular weight excluding hydrogens is 288 g/mol. The number of benzene rings is 1. The van der Waals surface area contributed by atoms with E-state index >= 15 is 0 Å². The molecule has 0 amide bonds. The van der Waals surface area contributed by atoms with Crippen molar-refractivity contribution in [3.05, 3.63) is 29.3 Å². The SMILES string of the molecule is CCC1CCCC(Oc2c(C)cccc2CBr)C1. The summed E-state index contributed by atoms with van der Waals surface area (Å²) in [5.41, 5.74) is 2.53. The summed E-state index contributed by atoms with van der Waals surface area (Å²) in [5, 5.41) is 0.869. The van der Waals surface area contributed by atoms with Gasteiger partial charge in [0.1, 0.15) is 5.75 Å². The normalized spacial score (nSPS) is 23.9. The minimum absolute atomic E-state index is 0.419. The van der Waals surface area contributed by atoms with E-state index in [-0.39, 0.29) is 0 Å². The van der Waals surface area contributed by atoms with Crippen molar-refractivity contribution in [2.75, 3.05) is 0 Å². The molecule has 18 heavy (non-hydrogen) atoms. The van der Waals surface area contributed by atoms with Crippen LogP contribution in [-0.4, -0.2) is 6.10 Å². The Bertz CT molecular complexity index is 389. The maximum absolute atomic E-state index is 6.31. The molecule has 0 spiro atoms. The first kappa shape index (κ1) is 13.9. The number of aryl methyl sites for hydroxylation is 1. The van der Waals surface area contributed by atoms with E-state index in [2.05, 4.69) is 48.0 Å². The van der Waals surface area contributed by atoms with Crippen LogP contribution in [0.4, 0.5) is 0 Å². The Kier molecular flexibility index (Phi) is 5.11. The molecule has 1 saturated carbocycles. The molecule has 0 heterocycles. The smallest absolute Gasteiger partial charge is 0.126 e. The van der Waals surface area contributed by atoms with Gasteiger partial charge in [0, 0.05) is 10.9 Å². The highest BCUT2D eigenvalue weighted by Gasteiger charge is 2.23. The molecule has 2 rings (SSSR count). The fraction of sp³-hybridized carbons (Fsp3) is 0.625. The second-order valence-electron chi connectivity index (χ2n) is 5.38. The van der Waals surface area contributed by atoms with E-state index in [1.165, 1.54) is 43.2 Å². The quantitative estimate of drug-likeness (QED) is 0.691. The Hall–Kier alpha value is -0.500. The first-order chi connectivity index (χ1) is 8.74. The van der Waals surface area contributed by atoms with E-state index in [1.807, 2.05) is 0 Å². The van der Waals surface area contributed by atoms with Crippen molar-refractivity contribution in [2.24, 2.45) is 5.92 Å². The van der Waals surface area contributed by atoms with Gasteiger partial charge in [0.2, 0.25) is 0 Å². The minimum atomic E-state index is 0.419. The van der Waals surface area contributed by atoms with Crippen molar-refractivity contribution in [1.29, 1.82) is 0 Å². The Morgan fingerprint density at radius 2 is 2.17 bits per heavy atom. The lowest BCUT2D eigenvalue weighted by Crippen LogP contribution is -2.25. The van der Waals surface area contributed by atoms with Gasteiger partial charge in [0.05, 0.1) is 6.10 Å². The molecule has 2 heteroatoms. The Morgan fingerprint density at radius 3 is 2.89 bits per heavy atom. The fourth-order valence-electron chi connectivity index (χ4n) is 2.87. The first-order valence-electron chi connectivity index (χ1n) is 7.05. The van der Waals surface area contributed by atoms with Crippen molar-refractivity contribution in [1.82, 2.24) is 0 Å². The molecule has 2 unspecified atom stereocenters. The van der Waals surface area contributed by atoms with E-state index in [0.717, 1.165) is 17.0 Å². The lowest BCUT2D eigenvalue weighted by molar-refractivity contribution is 0.120. The highest BCUT2D eigenvalue weighted by atomic mass is 79.9. The summed E-state index contributed by atoms with van der Waals surface area (Å²) < 4.78 is 6.31. The summed E-state index contributed by atoms with van der Waals surface area (Å²) in [5.74, 6) is 1.97. The van der Waals surface area contributed by atoms with Gasteiger partial charge in [0.25, 0.3) is 0 Å². The third-order valence-electron chi connectivity index (χ3n) is 4.03. The summed E-state index contributed by atoms with van der Waals surface area (Å²) >= 11 is 3.55. The number of hydrogen-bond acceptors (Lipinski definition) is 1. The van der Waals surface area contributed by atoms with Crippen LogP contribution in [0, 0.1) is 12.8 Å². The number of halogens is 1. The van der Waals surface area contributed by atoms with Gasteiger partial charge in [-0.25, -0.2) is 0 Å². The number of ether oxygens (including phenoxy) is 1. The first-order valence-corrected chi connectivity index (χ1v) is 8.17. The van der Waals surface area contributed by atoms with E-state index < -0.39 is 0 Å². The molecule has 0 saturated heterocycles. The van der Waals surface area contributed by atoms with E-state index in [9.17, 15) is 0 Å². The molecule has 1 aliphatic carbocycles. The monoisotopic (exact) mass is 310 g/mol. The van der Waals surface area contributed by atoms with Gasteiger partial charge in [-0.1, -0.05) is 53.9 Å². The van der Waals surface area contributed by atoms with Crippen molar-refractivity contribution < 1.29 is 4.74 Å². The van der Waals surface area contributed by atoms with Gasteiger partial charge in [-0.2, -0.15) is 0 Å². The molecule has 100 valence electrons. The van der Waals surface area contributed by atoms with Gasteiger partial charge < -0.3 is 4.74 Å². The van der Waals surface area contributed by atoms with Crippen LogP contribution >= 0.6 is 15.9 Å². The van der Waals surface area contributed by atoms with Gasteiger partial charge in [-0.15, -0.1) is 0 Å². The number of para-hydroxylation sites is 1. The zero-order valence-electron chi connectivity index (χ0n) is 11.4. The molecule has 1 nitrogen and oxygen atoms in total. The van der Waals surface area contributed by atoms with Crippen molar-refractivity contribution in [3.8, 4) is 5.75 Å². The molecule has 0 aromatic heterocycles. The zero-order valence-corrected chi connectivity index (χ0v) is 13.0. The van der Waals surface area contributed by atoms with Crippen LogP contribution in [0.1, 0.15) is 50.2 Å². The predicted octanol–water partition coefficient (Wildman–Crippen LogP) is 5.24. The van der Waals surface area contributed by atoms with Crippen LogP contribution < -0.4 is 4.74 Å². The molecule has 1 aromatic rings. The van der Waals surface area contributed by atoms with Crippen LogP contribution in [-0.2, 0) is 5.33 Å². The van der Waals surface area contributed by atoms with Crippen LogP contribution in [0.3, 0.4) is 0 Å². The lowest BCUT2D eigenvalue weighted by Gasteiger charge is -2.30. The average molecular weight is 311 g/mol. The molecular formula is C16H23BrO. The molecule has 1 aliphatic rings. The third kappa shape index (κ3) is 3.28. The summed E-state index contributed by atoms with van der Waals surface area (Å²) in [6.07, 6.45) is 6.86. The third-order valence-corrected chi connectivity index (χ3v) is 4.64. The van der Waals surface area contributed by atoms with Crippen molar-refractivity contribution in [3.63, 3.8) is 0 Å². The highest BCUT2D eigenvalue weighted by Crippen LogP contribution is 2.33. The largest absolute Gasteiger partial charge is 0.490 e. The second kappa shape index (κ2) is 6.60. The van der Waals surface area contributed by atoms with Crippen LogP contribution in [0.25, 0.3) is 0 Å². The van der Waals surface area contributed by atoms with Gasteiger partial charge in [-0.3, -0.25) is 0 Å². The standard InChI is InChI=1S/C16H23BrO/c1-3-13-7-5-9-15(10-13)18-16-12(2)6-4-8-14(16)11-17/h4,6,8,13,15H,3,5,7,9-11H2,1-2H3. The molecule has 0 bridgehead atoms. The van der Waals surface area contributed by atoms with Crippen LogP contribution in [0.15, 0.2) is 18.2 Å². The number of alkyl halides is 1. The van der Waals surface area contributed by atoms with Crippen LogP contribution in [0.2, 0.25) is 0 Å². The van der Waals surface area contributed by atoms with Crippen molar-refractivity contribution >= 4 is 15.9 Å². The molecule has 1 fully saturated rings. The van der Waals surface area contributed by atoms with Crippen molar-refractivity contribution in [2.45, 2.75) is 57.4 Å². The van der Waals surface area contributed by atoms with Crippen LogP contribution in [0.5, 0.6) is 5.75 Å². The molecule has 0 N–H and O–H groups in total. The van der Waals surface area contributed by atoms with E-state index in [0.29, 0.717) is 6.10 Å². The van der Waals surface area contributed by atoms with Gasteiger partial charge >= 0.3 is 0 Å². The average Bonchev–Trinajstić information content (AvgIpc) is 2.41. The van der Waals surface area contributed by atoms with E-state index in [4.69, 9.17) is 4.74 Å². The molecule has 0 radical (unpaired) electrons. The molecule has 0 aliphatic heterocycles. The Morgan fingerprint density at radius 1 is 1.33 bits per heavy atom. The summed E-state index contributed by atoms with van der Waals surface area (Å²) in [4.78, 5) is 0. The maximum Gasteiger partial charge on any atom is 0.126 e. The maximum atomic E-state index is 6.31. The number of rotatable bonds is 4. The molecule has 2 atom stereocenters. The number of hydrogen-bond donors (Lipinski definition) is 0.